The number of hydrogen-bond acceptors (Lipinski definition) is 4. The third kappa shape index (κ3) is 4.80. The Kier molecular flexibility index (Phi) is 6.98. The summed E-state index contributed by atoms with van der Waals surface area (Å²) in [5.74, 6) is 0. The van der Waals surface area contributed by atoms with E-state index in [1.165, 1.54) is 0 Å². The van der Waals surface area contributed by atoms with Crippen molar-refractivity contribution in [2.75, 3.05) is 0 Å². The first-order valence-electron chi connectivity index (χ1n) is 9.91. The van der Waals surface area contributed by atoms with Crippen LogP contribution in [0.3, 0.4) is 0 Å². The Bertz CT molecular complexity index is 916. The van der Waals surface area contributed by atoms with Crippen molar-refractivity contribution >= 4 is 54.0 Å². The standard InChI is InChI=1S/C24H22GeO4Si2/c26-30(21-13-5-1-6-14-21,22-15-7-2-8-16-22)28-25-29-31(27,23-17-9-3-10-18-23)24-19-11-4-12-20-24/h1-20,26-27H. The van der Waals surface area contributed by atoms with E-state index in [0.29, 0.717) is 0 Å². The summed E-state index contributed by atoms with van der Waals surface area (Å²) in [4.78, 5) is 23.4. The molecule has 0 amide bonds. The molecule has 4 nitrogen and oxygen atoms in total. The van der Waals surface area contributed by atoms with E-state index in [4.69, 9.17) is 6.91 Å². The second-order valence-corrected chi connectivity index (χ2v) is 15.3. The third-order valence-corrected chi connectivity index (χ3v) is 15.0. The van der Waals surface area contributed by atoms with Crippen LogP contribution >= 0.6 is 0 Å². The molecule has 0 heterocycles. The van der Waals surface area contributed by atoms with E-state index < -0.39 is 33.2 Å². The second kappa shape index (κ2) is 9.88. The Morgan fingerprint density at radius 1 is 0.419 bits per heavy atom. The van der Waals surface area contributed by atoms with E-state index in [0.717, 1.165) is 20.7 Å². The summed E-state index contributed by atoms with van der Waals surface area (Å²) in [6.45, 7) is 0. The molecule has 2 N–H and O–H groups in total. The fourth-order valence-electron chi connectivity index (χ4n) is 3.37. The van der Waals surface area contributed by atoms with Gasteiger partial charge in [-0.25, -0.2) is 0 Å². The Hall–Kier alpha value is -2.30. The first kappa shape index (κ1) is 21.9. The van der Waals surface area contributed by atoms with Crippen molar-refractivity contribution < 1.29 is 16.5 Å². The molecule has 4 aromatic rings. The topological polar surface area (TPSA) is 58.9 Å². The van der Waals surface area contributed by atoms with Gasteiger partial charge >= 0.3 is 192 Å². The van der Waals surface area contributed by atoms with Gasteiger partial charge in [0.25, 0.3) is 0 Å². The predicted molar refractivity (Wildman–Crippen MR) is 128 cm³/mol. The van der Waals surface area contributed by atoms with E-state index >= 15 is 0 Å². The van der Waals surface area contributed by atoms with Gasteiger partial charge in [-0.2, -0.15) is 0 Å². The molecule has 0 atom stereocenters. The molecule has 7 heteroatoms. The average molecular weight is 503 g/mol. The quantitative estimate of drug-likeness (QED) is 0.354. The molecule has 0 bridgehead atoms. The fourth-order valence-corrected chi connectivity index (χ4v) is 12.8. The van der Waals surface area contributed by atoms with Crippen LogP contribution in [0.15, 0.2) is 121 Å². The minimum absolute atomic E-state index is 0.748. The summed E-state index contributed by atoms with van der Waals surface area (Å²) in [7, 11) is -6.92. The molecule has 0 unspecified atom stereocenters. The van der Waals surface area contributed by atoms with E-state index in [9.17, 15) is 9.59 Å². The van der Waals surface area contributed by atoms with Gasteiger partial charge in [-0.1, -0.05) is 0 Å². The van der Waals surface area contributed by atoms with Gasteiger partial charge < -0.3 is 0 Å². The van der Waals surface area contributed by atoms with Gasteiger partial charge in [0.15, 0.2) is 0 Å². The third-order valence-electron chi connectivity index (χ3n) is 5.04. The summed E-state index contributed by atoms with van der Waals surface area (Å²) in [5, 5.41) is 2.99. The molecule has 0 aromatic heterocycles. The van der Waals surface area contributed by atoms with Crippen LogP contribution in [0.2, 0.25) is 0 Å². The summed E-state index contributed by atoms with van der Waals surface area (Å²) in [6.07, 6.45) is 0. The first-order valence-corrected chi connectivity index (χ1v) is 15.3. The van der Waals surface area contributed by atoms with Crippen molar-refractivity contribution in [2.24, 2.45) is 0 Å². The summed E-state index contributed by atoms with van der Waals surface area (Å²) >= 11 is -1.60. The van der Waals surface area contributed by atoms with Crippen molar-refractivity contribution in [2.45, 2.75) is 0 Å². The zero-order valence-electron chi connectivity index (χ0n) is 16.8. The van der Waals surface area contributed by atoms with Crippen LogP contribution in [0.4, 0.5) is 0 Å². The summed E-state index contributed by atoms with van der Waals surface area (Å²) in [5.41, 5.74) is 0. The van der Waals surface area contributed by atoms with E-state index in [1.807, 2.05) is 121 Å². The second-order valence-electron chi connectivity index (χ2n) is 7.04. The zero-order valence-corrected chi connectivity index (χ0v) is 20.9. The van der Waals surface area contributed by atoms with Gasteiger partial charge in [0.2, 0.25) is 0 Å². The first-order chi connectivity index (χ1) is 15.1. The van der Waals surface area contributed by atoms with Gasteiger partial charge in [-0.05, 0) is 0 Å². The molecular formula is C24H22GeO4Si2. The minimum atomic E-state index is -3.46. The summed E-state index contributed by atoms with van der Waals surface area (Å²) in [6, 6.07) is 37.8. The van der Waals surface area contributed by atoms with Crippen molar-refractivity contribution in [3.63, 3.8) is 0 Å². The number of benzene rings is 4. The van der Waals surface area contributed by atoms with Crippen LogP contribution in [-0.4, -0.2) is 42.8 Å². The monoisotopic (exact) mass is 504 g/mol. The molecule has 0 spiro atoms. The molecular weight excluding hydrogens is 481 g/mol. The van der Waals surface area contributed by atoms with E-state index in [2.05, 4.69) is 0 Å². The molecule has 154 valence electrons. The molecule has 4 rings (SSSR count). The number of hydrogen-bond donors (Lipinski definition) is 2. The molecule has 0 saturated carbocycles. The van der Waals surface area contributed by atoms with E-state index in [1.54, 1.807) is 0 Å². The Labute approximate surface area is 191 Å². The Balaban J connectivity index is 1.64. The van der Waals surface area contributed by atoms with E-state index in [-0.39, 0.29) is 0 Å². The van der Waals surface area contributed by atoms with Crippen LogP contribution in [0.5, 0.6) is 0 Å². The van der Waals surface area contributed by atoms with Crippen LogP contribution in [0.25, 0.3) is 0 Å². The molecule has 0 saturated heterocycles. The zero-order chi connectivity index (χ0) is 21.6. The number of rotatable bonds is 8. The van der Waals surface area contributed by atoms with Gasteiger partial charge in [-0.15, -0.1) is 0 Å². The normalized spacial score (nSPS) is 11.9. The molecule has 0 aliphatic heterocycles. The van der Waals surface area contributed by atoms with Crippen molar-refractivity contribution in [3.8, 4) is 0 Å². The van der Waals surface area contributed by atoms with Crippen LogP contribution in [0, 0.1) is 0 Å². The predicted octanol–water partition coefficient (Wildman–Crippen LogP) is 1.05. The van der Waals surface area contributed by atoms with Gasteiger partial charge in [-0.3, -0.25) is 0 Å². The summed E-state index contributed by atoms with van der Waals surface area (Å²) < 4.78 is 12.4. The van der Waals surface area contributed by atoms with Crippen molar-refractivity contribution in [3.05, 3.63) is 121 Å². The Morgan fingerprint density at radius 3 is 0.871 bits per heavy atom. The molecule has 0 aliphatic carbocycles. The maximum atomic E-state index is 11.7. The fraction of sp³-hybridized carbons (Fsp3) is 0. The molecule has 2 radical (unpaired) electrons. The Morgan fingerprint density at radius 2 is 0.645 bits per heavy atom. The molecule has 0 fully saturated rings. The molecule has 31 heavy (non-hydrogen) atoms. The average Bonchev–Trinajstić information content (AvgIpc) is 2.86. The van der Waals surface area contributed by atoms with Gasteiger partial charge in [0.1, 0.15) is 0 Å². The van der Waals surface area contributed by atoms with Crippen LogP contribution in [0.1, 0.15) is 0 Å². The van der Waals surface area contributed by atoms with Gasteiger partial charge in [0.05, 0.1) is 0 Å². The van der Waals surface area contributed by atoms with Crippen LogP contribution < -0.4 is 20.7 Å². The molecule has 0 aliphatic rings. The van der Waals surface area contributed by atoms with Crippen molar-refractivity contribution in [1.82, 2.24) is 0 Å². The van der Waals surface area contributed by atoms with Crippen molar-refractivity contribution in [1.29, 1.82) is 0 Å². The maximum absolute atomic E-state index is 11.7. The van der Waals surface area contributed by atoms with Gasteiger partial charge in [0, 0.05) is 0 Å². The molecule has 4 aromatic carbocycles. The SMILES string of the molecule is O[Si]([O][Ge][O][Si](O)(c1ccccc1)c1ccccc1)(c1ccccc1)c1ccccc1. The van der Waals surface area contributed by atoms with Crippen LogP contribution in [-0.2, 0) is 6.91 Å².